The Hall–Kier alpha value is -2.61. The molecule has 0 spiro atoms. The first-order chi connectivity index (χ1) is 9.42. The molecule has 0 N–H and O–H groups in total. The fourth-order valence-electron chi connectivity index (χ4n) is 1.89. The highest BCUT2D eigenvalue weighted by Gasteiger charge is 1.99. The van der Waals surface area contributed by atoms with Gasteiger partial charge in [0.2, 0.25) is 0 Å². The molecule has 0 atom stereocenters. The molecular weight excluding hydrogens is 234 g/mol. The Morgan fingerprint density at radius 2 is 1.89 bits per heavy atom. The Morgan fingerprint density at radius 3 is 2.68 bits per heavy atom. The third kappa shape index (κ3) is 2.80. The van der Waals surface area contributed by atoms with Crippen molar-refractivity contribution in [2.75, 3.05) is 0 Å². The molecule has 0 radical (unpaired) electrons. The highest BCUT2D eigenvalue weighted by molar-refractivity contribution is 5.71. The Kier molecular flexibility index (Phi) is 3.24. The summed E-state index contributed by atoms with van der Waals surface area (Å²) in [6.45, 7) is 0. The van der Waals surface area contributed by atoms with Crippen LogP contribution in [0.1, 0.15) is 11.3 Å². The predicted molar refractivity (Wildman–Crippen MR) is 77.3 cm³/mol. The Balaban J connectivity index is 1.86. The summed E-state index contributed by atoms with van der Waals surface area (Å²) in [5.41, 5.74) is 3.15. The van der Waals surface area contributed by atoms with Gasteiger partial charge >= 0.3 is 0 Å². The lowest BCUT2D eigenvalue weighted by Gasteiger charge is -1.99. The summed E-state index contributed by atoms with van der Waals surface area (Å²) < 4.78 is 5.40. The van der Waals surface area contributed by atoms with Gasteiger partial charge in [0.15, 0.2) is 0 Å². The zero-order valence-electron chi connectivity index (χ0n) is 10.4. The maximum absolute atomic E-state index is 5.40. The molecule has 2 nitrogen and oxygen atoms in total. The summed E-state index contributed by atoms with van der Waals surface area (Å²) in [5.74, 6) is 0.882. The predicted octanol–water partition coefficient (Wildman–Crippen LogP) is 4.51. The summed E-state index contributed by atoms with van der Waals surface area (Å²) in [5, 5.41) is 0. The van der Waals surface area contributed by atoms with Crippen molar-refractivity contribution in [3.05, 3.63) is 78.3 Å². The number of pyridine rings is 1. The average molecular weight is 247 g/mol. The molecule has 2 heterocycles. The van der Waals surface area contributed by atoms with Crippen molar-refractivity contribution in [1.82, 2.24) is 4.98 Å². The van der Waals surface area contributed by atoms with Crippen molar-refractivity contribution in [3.63, 3.8) is 0 Å². The van der Waals surface area contributed by atoms with Gasteiger partial charge in [-0.05, 0) is 42.0 Å². The summed E-state index contributed by atoms with van der Waals surface area (Å²) in [7, 11) is 0. The lowest BCUT2D eigenvalue weighted by molar-refractivity contribution is 0.582. The standard InChI is InChI=1S/C17H13NO/c1-2-11-18-16(7-1)10-9-14-5-3-6-15(13-14)17-8-4-12-19-17/h1-13H. The Bertz CT molecular complexity index is 670. The van der Waals surface area contributed by atoms with Crippen LogP contribution in [0.2, 0.25) is 0 Å². The second kappa shape index (κ2) is 5.36. The van der Waals surface area contributed by atoms with Crippen LogP contribution in [-0.2, 0) is 0 Å². The first kappa shape index (κ1) is 11.5. The molecule has 0 unspecified atom stereocenters. The van der Waals surface area contributed by atoms with Crippen LogP contribution in [0.3, 0.4) is 0 Å². The topological polar surface area (TPSA) is 26.0 Å². The molecule has 2 aromatic heterocycles. The second-order valence-corrected chi connectivity index (χ2v) is 4.19. The molecule has 0 aliphatic heterocycles. The van der Waals surface area contributed by atoms with E-state index in [1.165, 1.54) is 0 Å². The summed E-state index contributed by atoms with van der Waals surface area (Å²) in [6, 6.07) is 17.9. The lowest BCUT2D eigenvalue weighted by atomic mass is 10.1. The van der Waals surface area contributed by atoms with E-state index in [1.807, 2.05) is 48.5 Å². The number of hydrogen-bond acceptors (Lipinski definition) is 2. The maximum Gasteiger partial charge on any atom is 0.133 e. The van der Waals surface area contributed by atoms with E-state index in [4.69, 9.17) is 4.42 Å². The first-order valence-electron chi connectivity index (χ1n) is 6.15. The van der Waals surface area contributed by atoms with Gasteiger partial charge in [-0.15, -0.1) is 0 Å². The molecule has 0 saturated carbocycles. The number of benzene rings is 1. The second-order valence-electron chi connectivity index (χ2n) is 4.19. The average Bonchev–Trinajstić information content (AvgIpc) is 3.01. The SMILES string of the molecule is C(=Cc1ccccn1)c1cccc(-c2ccco2)c1. The van der Waals surface area contributed by atoms with Gasteiger partial charge in [-0.2, -0.15) is 0 Å². The van der Waals surface area contributed by atoms with E-state index in [1.54, 1.807) is 12.5 Å². The minimum absolute atomic E-state index is 0.882. The summed E-state index contributed by atoms with van der Waals surface area (Å²) >= 11 is 0. The van der Waals surface area contributed by atoms with Crippen LogP contribution in [0.15, 0.2) is 71.5 Å². The maximum atomic E-state index is 5.40. The molecule has 3 rings (SSSR count). The van der Waals surface area contributed by atoms with Gasteiger partial charge in [0, 0.05) is 11.8 Å². The van der Waals surface area contributed by atoms with Crippen molar-refractivity contribution in [2.45, 2.75) is 0 Å². The molecule has 0 fully saturated rings. The fourth-order valence-corrected chi connectivity index (χ4v) is 1.89. The smallest absolute Gasteiger partial charge is 0.133 e. The molecule has 3 aromatic rings. The van der Waals surface area contributed by atoms with Crippen LogP contribution in [0, 0.1) is 0 Å². The molecule has 0 saturated heterocycles. The molecule has 92 valence electrons. The largest absolute Gasteiger partial charge is 0.464 e. The van der Waals surface area contributed by atoms with Gasteiger partial charge in [-0.25, -0.2) is 0 Å². The van der Waals surface area contributed by atoms with Crippen LogP contribution in [0.4, 0.5) is 0 Å². The van der Waals surface area contributed by atoms with E-state index in [0.717, 1.165) is 22.6 Å². The molecule has 1 aromatic carbocycles. The Labute approximate surface area is 112 Å². The third-order valence-electron chi connectivity index (χ3n) is 2.83. The van der Waals surface area contributed by atoms with Crippen molar-refractivity contribution in [3.8, 4) is 11.3 Å². The van der Waals surface area contributed by atoms with E-state index in [0.29, 0.717) is 0 Å². The summed E-state index contributed by atoms with van der Waals surface area (Å²) in [6.07, 6.45) is 7.53. The molecule has 0 bridgehead atoms. The van der Waals surface area contributed by atoms with Gasteiger partial charge in [0.05, 0.1) is 12.0 Å². The zero-order valence-corrected chi connectivity index (χ0v) is 10.4. The van der Waals surface area contributed by atoms with Crippen LogP contribution in [0.5, 0.6) is 0 Å². The van der Waals surface area contributed by atoms with E-state index < -0.39 is 0 Å². The van der Waals surface area contributed by atoms with Crippen LogP contribution >= 0.6 is 0 Å². The van der Waals surface area contributed by atoms with Crippen molar-refractivity contribution in [1.29, 1.82) is 0 Å². The Morgan fingerprint density at radius 1 is 0.895 bits per heavy atom. The van der Waals surface area contributed by atoms with Crippen molar-refractivity contribution < 1.29 is 4.42 Å². The fraction of sp³-hybridized carbons (Fsp3) is 0. The van der Waals surface area contributed by atoms with Gasteiger partial charge < -0.3 is 4.42 Å². The van der Waals surface area contributed by atoms with Gasteiger partial charge in [-0.1, -0.05) is 30.3 Å². The molecule has 19 heavy (non-hydrogen) atoms. The van der Waals surface area contributed by atoms with Crippen LogP contribution in [0.25, 0.3) is 23.5 Å². The summed E-state index contributed by atoms with van der Waals surface area (Å²) in [4.78, 5) is 4.26. The quantitative estimate of drug-likeness (QED) is 0.680. The van der Waals surface area contributed by atoms with Gasteiger partial charge in [0.25, 0.3) is 0 Å². The first-order valence-corrected chi connectivity index (χ1v) is 6.15. The van der Waals surface area contributed by atoms with Gasteiger partial charge in [-0.3, -0.25) is 4.98 Å². The van der Waals surface area contributed by atoms with Crippen LogP contribution in [-0.4, -0.2) is 4.98 Å². The molecular formula is C17H13NO. The van der Waals surface area contributed by atoms with E-state index in [2.05, 4.69) is 23.2 Å². The van der Waals surface area contributed by atoms with Crippen molar-refractivity contribution in [2.24, 2.45) is 0 Å². The van der Waals surface area contributed by atoms with Gasteiger partial charge in [0.1, 0.15) is 5.76 Å². The molecule has 0 amide bonds. The van der Waals surface area contributed by atoms with E-state index in [9.17, 15) is 0 Å². The number of furan rings is 1. The van der Waals surface area contributed by atoms with Crippen LogP contribution < -0.4 is 0 Å². The minimum atomic E-state index is 0.882. The minimum Gasteiger partial charge on any atom is -0.464 e. The highest BCUT2D eigenvalue weighted by atomic mass is 16.3. The molecule has 0 aliphatic carbocycles. The molecule has 2 heteroatoms. The van der Waals surface area contributed by atoms with Crippen molar-refractivity contribution >= 4 is 12.2 Å². The molecule has 0 aliphatic rings. The normalized spacial score (nSPS) is 10.9. The zero-order chi connectivity index (χ0) is 12.9. The van der Waals surface area contributed by atoms with E-state index >= 15 is 0 Å². The monoisotopic (exact) mass is 247 g/mol. The lowest BCUT2D eigenvalue weighted by Crippen LogP contribution is -1.78. The third-order valence-corrected chi connectivity index (χ3v) is 2.83. The number of nitrogens with zero attached hydrogens (tertiary/aromatic N) is 1. The number of rotatable bonds is 3. The number of aromatic nitrogens is 1. The van der Waals surface area contributed by atoms with E-state index in [-0.39, 0.29) is 0 Å². The highest BCUT2D eigenvalue weighted by Crippen LogP contribution is 2.21. The number of hydrogen-bond donors (Lipinski definition) is 0.